The van der Waals surface area contributed by atoms with Gasteiger partial charge in [0, 0.05) is 13.1 Å². The average Bonchev–Trinajstić information content (AvgIpc) is 3.51. The number of esters is 1. The Bertz CT molecular complexity index is 1380. The lowest BCUT2D eigenvalue weighted by Gasteiger charge is -2.24. The maximum absolute atomic E-state index is 13.8. The fourth-order valence-corrected chi connectivity index (χ4v) is 6.06. The predicted octanol–water partition coefficient (Wildman–Crippen LogP) is 3.82. The molecule has 0 radical (unpaired) electrons. The van der Waals surface area contributed by atoms with Crippen LogP contribution in [0.2, 0.25) is 0 Å². The predicted molar refractivity (Wildman–Crippen MR) is 149 cm³/mol. The molecule has 0 bridgehead atoms. The third-order valence-electron chi connectivity index (χ3n) is 6.70. The Kier molecular flexibility index (Phi) is 8.27. The van der Waals surface area contributed by atoms with Crippen molar-refractivity contribution in [1.82, 2.24) is 24.6 Å². The molecular formula is C26H36N7O6P. The summed E-state index contributed by atoms with van der Waals surface area (Å²) >= 11 is 0. The fraction of sp³-hybridized carbons (Fsp3) is 0.538. The first kappa shape index (κ1) is 28.3. The molecule has 1 saturated heterocycles. The highest BCUT2D eigenvalue weighted by Gasteiger charge is 2.36. The summed E-state index contributed by atoms with van der Waals surface area (Å²) in [5.41, 5.74) is 7.31. The van der Waals surface area contributed by atoms with E-state index in [1.807, 2.05) is 17.7 Å². The molecule has 2 fully saturated rings. The molecular weight excluding hydrogens is 537 g/mol. The van der Waals surface area contributed by atoms with E-state index < -0.39 is 19.8 Å². The summed E-state index contributed by atoms with van der Waals surface area (Å²) in [6.07, 6.45) is 4.13. The largest absolute Gasteiger partial charge is 0.462 e. The van der Waals surface area contributed by atoms with E-state index in [2.05, 4.69) is 24.9 Å². The van der Waals surface area contributed by atoms with E-state index in [0.29, 0.717) is 41.6 Å². The van der Waals surface area contributed by atoms with Gasteiger partial charge in [0.2, 0.25) is 5.95 Å². The smallest absolute Gasteiger partial charge is 0.459 e. The number of nitrogen functional groups attached to an aromatic ring is 1. The van der Waals surface area contributed by atoms with Crippen molar-refractivity contribution >= 4 is 36.6 Å². The number of para-hydroxylation sites is 1. The second-order valence-electron chi connectivity index (χ2n) is 10.4. The Hall–Kier alpha value is -3.25. The van der Waals surface area contributed by atoms with Crippen molar-refractivity contribution in [2.45, 2.75) is 77.0 Å². The Balaban J connectivity index is 1.27. The standard InChI is InChI=1S/C26H36N7O6P/c1-16(2)37-25(34)17(3)31-40(35,39-19-8-6-5-7-9-19)36-14-20-12-13-21(38-20)33-15-28-22-23(32(4)18-10-11-18)29-26(27)30-24(22)33/h5-9,15-18,20-21H,10-14H2,1-4H3,(H,31,35)(H2,27,29,30)/t17-,20-,21+,40-/m0/s1. The number of imidazole rings is 1. The van der Waals surface area contributed by atoms with Crippen LogP contribution in [0.4, 0.5) is 11.8 Å². The van der Waals surface area contributed by atoms with Crippen LogP contribution in [0.15, 0.2) is 36.7 Å². The lowest BCUT2D eigenvalue weighted by atomic mass is 10.2. The molecule has 0 spiro atoms. The average molecular weight is 574 g/mol. The van der Waals surface area contributed by atoms with Crippen LogP contribution in [-0.4, -0.2) is 63.4 Å². The van der Waals surface area contributed by atoms with E-state index in [9.17, 15) is 9.36 Å². The molecule has 0 amide bonds. The minimum atomic E-state index is -3.99. The lowest BCUT2D eigenvalue weighted by molar-refractivity contribution is -0.149. The number of nitrogens with zero attached hydrogens (tertiary/aromatic N) is 5. The van der Waals surface area contributed by atoms with Gasteiger partial charge >= 0.3 is 13.7 Å². The first-order chi connectivity index (χ1) is 19.1. The lowest BCUT2D eigenvalue weighted by Crippen LogP contribution is -2.36. The van der Waals surface area contributed by atoms with E-state index >= 15 is 0 Å². The van der Waals surface area contributed by atoms with Gasteiger partial charge < -0.3 is 24.6 Å². The summed E-state index contributed by atoms with van der Waals surface area (Å²) in [7, 11) is -2.00. The summed E-state index contributed by atoms with van der Waals surface area (Å²) in [6, 6.07) is 8.13. The molecule has 1 aliphatic heterocycles. The zero-order chi connectivity index (χ0) is 28.4. The van der Waals surface area contributed by atoms with E-state index in [4.69, 9.17) is 24.3 Å². The SMILES string of the molecule is CC(C)OC(=O)[C@H](C)N[P@](=O)(OC[C@@H]1CC[C@H](n2cnc3c(N(C)C4CC4)nc(N)nc32)O1)Oc1ccccc1. The monoisotopic (exact) mass is 573 g/mol. The second kappa shape index (κ2) is 11.7. The Morgan fingerprint density at radius 3 is 2.65 bits per heavy atom. The molecule has 13 nitrogen and oxygen atoms in total. The molecule has 2 aromatic heterocycles. The number of carbonyl (C=O) groups is 1. The molecule has 216 valence electrons. The molecule has 1 aliphatic carbocycles. The Morgan fingerprint density at radius 1 is 1.20 bits per heavy atom. The number of hydrogen-bond donors (Lipinski definition) is 2. The normalized spacial score (nSPS) is 21.3. The number of fused-ring (bicyclic) bond motifs is 1. The van der Waals surface area contributed by atoms with Gasteiger partial charge in [0.1, 0.15) is 18.0 Å². The Labute approximate surface area is 232 Å². The van der Waals surface area contributed by atoms with Gasteiger partial charge in [0.05, 0.1) is 25.1 Å². The fourth-order valence-electron chi connectivity index (χ4n) is 4.54. The number of benzene rings is 1. The third kappa shape index (κ3) is 6.55. The van der Waals surface area contributed by atoms with Crippen molar-refractivity contribution in [2.24, 2.45) is 0 Å². The van der Waals surface area contributed by atoms with Crippen LogP contribution >= 0.6 is 7.75 Å². The summed E-state index contributed by atoms with van der Waals surface area (Å²) in [5.74, 6) is 0.649. The highest BCUT2D eigenvalue weighted by molar-refractivity contribution is 7.52. The van der Waals surface area contributed by atoms with Gasteiger partial charge in [-0.3, -0.25) is 13.9 Å². The van der Waals surface area contributed by atoms with Gasteiger partial charge in [-0.25, -0.2) is 9.55 Å². The number of hydrogen-bond acceptors (Lipinski definition) is 11. The van der Waals surface area contributed by atoms with Crippen molar-refractivity contribution in [3.63, 3.8) is 0 Å². The number of rotatable bonds is 12. The van der Waals surface area contributed by atoms with E-state index in [0.717, 1.165) is 12.8 Å². The molecule has 3 aromatic rings. The maximum atomic E-state index is 13.8. The summed E-state index contributed by atoms with van der Waals surface area (Å²) < 4.78 is 38.6. The number of aromatic nitrogens is 4. The summed E-state index contributed by atoms with van der Waals surface area (Å²) in [4.78, 5) is 27.9. The van der Waals surface area contributed by atoms with Crippen LogP contribution in [0.25, 0.3) is 11.2 Å². The van der Waals surface area contributed by atoms with Crippen LogP contribution in [-0.2, 0) is 23.4 Å². The van der Waals surface area contributed by atoms with Crippen LogP contribution in [0, 0.1) is 0 Å². The zero-order valence-electron chi connectivity index (χ0n) is 23.1. The van der Waals surface area contributed by atoms with Crippen molar-refractivity contribution in [1.29, 1.82) is 0 Å². The minimum absolute atomic E-state index is 0.0288. The molecule has 14 heteroatoms. The number of carbonyl (C=O) groups excluding carboxylic acids is 1. The molecule has 4 atom stereocenters. The van der Waals surface area contributed by atoms with Crippen molar-refractivity contribution in [3.8, 4) is 5.75 Å². The number of anilines is 2. The third-order valence-corrected chi connectivity index (χ3v) is 8.34. The maximum Gasteiger partial charge on any atom is 0.459 e. The molecule has 1 saturated carbocycles. The molecule has 40 heavy (non-hydrogen) atoms. The van der Waals surface area contributed by atoms with Crippen LogP contribution in [0.1, 0.15) is 52.7 Å². The minimum Gasteiger partial charge on any atom is -0.462 e. The van der Waals surface area contributed by atoms with Gasteiger partial charge in [-0.05, 0) is 58.6 Å². The summed E-state index contributed by atoms with van der Waals surface area (Å²) in [5, 5.41) is 2.70. The van der Waals surface area contributed by atoms with Gasteiger partial charge in [-0.2, -0.15) is 15.1 Å². The van der Waals surface area contributed by atoms with Crippen LogP contribution in [0.3, 0.4) is 0 Å². The quantitative estimate of drug-likeness (QED) is 0.239. The molecule has 0 unspecified atom stereocenters. The Morgan fingerprint density at radius 2 is 1.95 bits per heavy atom. The highest BCUT2D eigenvalue weighted by Crippen LogP contribution is 2.46. The van der Waals surface area contributed by atoms with Gasteiger partial charge in [0.25, 0.3) is 0 Å². The summed E-state index contributed by atoms with van der Waals surface area (Å²) in [6.45, 7) is 5.00. The van der Waals surface area contributed by atoms with Gasteiger partial charge in [0.15, 0.2) is 17.0 Å². The highest BCUT2D eigenvalue weighted by atomic mass is 31.2. The molecule has 5 rings (SSSR count). The number of nitrogens with two attached hydrogens (primary N) is 1. The van der Waals surface area contributed by atoms with Crippen LogP contribution in [0.5, 0.6) is 5.75 Å². The molecule has 3 N–H and O–H groups in total. The van der Waals surface area contributed by atoms with E-state index in [1.54, 1.807) is 51.4 Å². The van der Waals surface area contributed by atoms with Gasteiger partial charge in [-0.1, -0.05) is 18.2 Å². The number of nitrogens with one attached hydrogen (secondary N) is 1. The van der Waals surface area contributed by atoms with Crippen molar-refractivity contribution < 1.29 is 27.9 Å². The first-order valence-corrected chi connectivity index (χ1v) is 15.0. The van der Waals surface area contributed by atoms with E-state index in [1.165, 1.54) is 0 Å². The van der Waals surface area contributed by atoms with Crippen molar-refractivity contribution in [3.05, 3.63) is 36.7 Å². The van der Waals surface area contributed by atoms with Crippen LogP contribution < -0.4 is 20.2 Å². The molecule has 1 aromatic carbocycles. The second-order valence-corrected chi connectivity index (χ2v) is 12.1. The molecule has 2 aliphatic rings. The zero-order valence-corrected chi connectivity index (χ0v) is 24.0. The van der Waals surface area contributed by atoms with E-state index in [-0.39, 0.29) is 31.0 Å². The first-order valence-electron chi connectivity index (χ1n) is 13.5. The number of ether oxygens (including phenoxy) is 2. The topological polar surface area (TPSA) is 156 Å². The molecule has 3 heterocycles. The van der Waals surface area contributed by atoms with Crippen molar-refractivity contribution in [2.75, 3.05) is 24.3 Å². The van der Waals surface area contributed by atoms with Gasteiger partial charge in [-0.15, -0.1) is 0 Å².